The number of aromatic nitrogens is 1. The molecule has 1 fully saturated rings. The quantitative estimate of drug-likeness (QED) is 0.910. The number of hydrogen-bond donors (Lipinski definition) is 1. The third-order valence-electron chi connectivity index (χ3n) is 4.24. The van der Waals surface area contributed by atoms with Gasteiger partial charge in [0.2, 0.25) is 0 Å². The second-order valence-corrected chi connectivity index (χ2v) is 6.74. The molecule has 1 atom stereocenters. The van der Waals surface area contributed by atoms with Crippen molar-refractivity contribution in [2.24, 2.45) is 5.92 Å². The molecule has 5 heteroatoms. The van der Waals surface area contributed by atoms with Crippen LogP contribution < -0.4 is 10.1 Å². The van der Waals surface area contributed by atoms with Gasteiger partial charge >= 0.3 is 0 Å². The number of carbonyl (C=O) groups is 1. The van der Waals surface area contributed by atoms with Crippen LogP contribution in [0, 0.1) is 5.92 Å². The molecule has 1 aromatic carbocycles. The van der Waals surface area contributed by atoms with Crippen molar-refractivity contribution in [1.82, 2.24) is 15.2 Å². The summed E-state index contributed by atoms with van der Waals surface area (Å²) < 4.78 is 5.76. The van der Waals surface area contributed by atoms with Crippen molar-refractivity contribution in [2.45, 2.75) is 19.9 Å². The zero-order valence-corrected chi connectivity index (χ0v) is 14.8. The molecule has 132 valence electrons. The minimum atomic E-state index is -0.00446. The van der Waals surface area contributed by atoms with Crippen molar-refractivity contribution in [3.8, 4) is 5.75 Å². The topological polar surface area (TPSA) is 54.5 Å². The van der Waals surface area contributed by atoms with E-state index in [1.807, 2.05) is 47.5 Å². The Morgan fingerprint density at radius 2 is 2.24 bits per heavy atom. The van der Waals surface area contributed by atoms with Gasteiger partial charge in [0.15, 0.2) is 0 Å². The first kappa shape index (κ1) is 17.4. The van der Waals surface area contributed by atoms with Crippen LogP contribution in [0.3, 0.4) is 0 Å². The number of hydrogen-bond acceptors (Lipinski definition) is 4. The van der Waals surface area contributed by atoms with Gasteiger partial charge in [0, 0.05) is 37.6 Å². The fourth-order valence-electron chi connectivity index (χ4n) is 2.97. The van der Waals surface area contributed by atoms with Gasteiger partial charge < -0.3 is 15.0 Å². The molecule has 1 aliphatic rings. The standard InChI is InChI=1S/C20H25N3O2/c1-15(2)14-25-18-7-3-5-16(11-18)20(24)23-10-9-22-13-19(23)17-6-4-8-21-12-17/h3-8,11-12,15,19,22H,9-10,13-14H2,1-2H3. The number of ether oxygens (including phenoxy) is 1. The van der Waals surface area contributed by atoms with E-state index < -0.39 is 0 Å². The molecule has 0 saturated carbocycles. The Bertz CT molecular complexity index is 703. The zero-order chi connectivity index (χ0) is 17.6. The summed E-state index contributed by atoms with van der Waals surface area (Å²) in [5, 5.41) is 3.37. The molecule has 1 unspecified atom stereocenters. The normalized spacial score (nSPS) is 17.6. The Morgan fingerprint density at radius 3 is 3.00 bits per heavy atom. The predicted molar refractivity (Wildman–Crippen MR) is 97.7 cm³/mol. The van der Waals surface area contributed by atoms with E-state index in [0.29, 0.717) is 24.6 Å². The number of carbonyl (C=O) groups excluding carboxylic acids is 1. The van der Waals surface area contributed by atoms with Crippen LogP contribution >= 0.6 is 0 Å². The second kappa shape index (κ2) is 8.12. The molecule has 0 radical (unpaired) electrons. The maximum Gasteiger partial charge on any atom is 0.254 e. The highest BCUT2D eigenvalue weighted by Gasteiger charge is 2.28. The summed E-state index contributed by atoms with van der Waals surface area (Å²) >= 11 is 0. The van der Waals surface area contributed by atoms with Gasteiger partial charge in [0.25, 0.3) is 5.91 Å². The minimum absolute atomic E-state index is 0.00446. The number of rotatable bonds is 5. The molecule has 3 rings (SSSR count). The van der Waals surface area contributed by atoms with E-state index in [2.05, 4.69) is 24.1 Å². The average Bonchev–Trinajstić information content (AvgIpc) is 2.67. The fraction of sp³-hybridized carbons (Fsp3) is 0.400. The summed E-state index contributed by atoms with van der Waals surface area (Å²) in [4.78, 5) is 19.2. The first-order valence-corrected chi connectivity index (χ1v) is 8.79. The van der Waals surface area contributed by atoms with Crippen molar-refractivity contribution in [3.63, 3.8) is 0 Å². The Morgan fingerprint density at radius 1 is 1.36 bits per heavy atom. The van der Waals surface area contributed by atoms with Crippen LogP contribution in [0.15, 0.2) is 48.8 Å². The van der Waals surface area contributed by atoms with E-state index in [1.165, 1.54) is 0 Å². The first-order valence-electron chi connectivity index (χ1n) is 8.79. The third-order valence-corrected chi connectivity index (χ3v) is 4.24. The van der Waals surface area contributed by atoms with Crippen LogP contribution in [-0.2, 0) is 0 Å². The lowest BCUT2D eigenvalue weighted by Crippen LogP contribution is -2.48. The lowest BCUT2D eigenvalue weighted by atomic mass is 10.0. The summed E-state index contributed by atoms with van der Waals surface area (Å²) in [6.07, 6.45) is 3.58. The number of nitrogens with zero attached hydrogens (tertiary/aromatic N) is 2. The molecule has 1 N–H and O–H groups in total. The second-order valence-electron chi connectivity index (χ2n) is 6.74. The maximum absolute atomic E-state index is 13.1. The molecule has 25 heavy (non-hydrogen) atoms. The highest BCUT2D eigenvalue weighted by Crippen LogP contribution is 2.25. The summed E-state index contributed by atoms with van der Waals surface area (Å²) in [5.74, 6) is 1.22. The van der Waals surface area contributed by atoms with Crippen LogP contribution in [0.1, 0.15) is 35.8 Å². The largest absolute Gasteiger partial charge is 0.493 e. The molecule has 0 spiro atoms. The summed E-state index contributed by atoms with van der Waals surface area (Å²) in [6.45, 7) is 7.06. The number of piperazine rings is 1. The van der Waals surface area contributed by atoms with E-state index in [0.717, 1.165) is 24.4 Å². The van der Waals surface area contributed by atoms with Crippen molar-refractivity contribution < 1.29 is 9.53 Å². The van der Waals surface area contributed by atoms with Crippen LogP contribution in [0.4, 0.5) is 0 Å². The van der Waals surface area contributed by atoms with E-state index in [-0.39, 0.29) is 11.9 Å². The van der Waals surface area contributed by atoms with Gasteiger partial charge in [-0.15, -0.1) is 0 Å². The number of amides is 1. The van der Waals surface area contributed by atoms with Crippen molar-refractivity contribution >= 4 is 5.91 Å². The monoisotopic (exact) mass is 339 g/mol. The molecule has 2 aromatic rings. The van der Waals surface area contributed by atoms with Crippen LogP contribution in [-0.4, -0.2) is 42.0 Å². The minimum Gasteiger partial charge on any atom is -0.493 e. The maximum atomic E-state index is 13.1. The Balaban J connectivity index is 1.79. The van der Waals surface area contributed by atoms with Crippen LogP contribution in [0.25, 0.3) is 0 Å². The van der Waals surface area contributed by atoms with E-state index in [1.54, 1.807) is 6.20 Å². The van der Waals surface area contributed by atoms with Gasteiger partial charge in [0.1, 0.15) is 5.75 Å². The lowest BCUT2D eigenvalue weighted by Gasteiger charge is -2.36. The van der Waals surface area contributed by atoms with Gasteiger partial charge in [-0.25, -0.2) is 0 Å². The van der Waals surface area contributed by atoms with Crippen molar-refractivity contribution in [2.75, 3.05) is 26.2 Å². The van der Waals surface area contributed by atoms with E-state index >= 15 is 0 Å². The molecule has 2 heterocycles. The molecular weight excluding hydrogens is 314 g/mol. The van der Waals surface area contributed by atoms with Crippen molar-refractivity contribution in [1.29, 1.82) is 0 Å². The van der Waals surface area contributed by atoms with Gasteiger partial charge in [-0.2, -0.15) is 0 Å². The molecule has 1 saturated heterocycles. The van der Waals surface area contributed by atoms with Crippen LogP contribution in [0.5, 0.6) is 5.75 Å². The van der Waals surface area contributed by atoms with Crippen molar-refractivity contribution in [3.05, 3.63) is 59.9 Å². The van der Waals surface area contributed by atoms with Crippen LogP contribution in [0.2, 0.25) is 0 Å². The predicted octanol–water partition coefficient (Wildman–Crippen LogP) is 2.90. The van der Waals surface area contributed by atoms with Gasteiger partial charge in [0.05, 0.1) is 12.6 Å². The first-order chi connectivity index (χ1) is 12.1. The van der Waals surface area contributed by atoms with E-state index in [4.69, 9.17) is 4.74 Å². The smallest absolute Gasteiger partial charge is 0.254 e. The summed E-state index contributed by atoms with van der Waals surface area (Å²) in [6, 6.07) is 11.4. The SMILES string of the molecule is CC(C)COc1cccc(C(=O)N2CCNCC2c2cccnc2)c1. The lowest BCUT2D eigenvalue weighted by molar-refractivity contribution is 0.0633. The van der Waals surface area contributed by atoms with Gasteiger partial charge in [-0.1, -0.05) is 26.0 Å². The van der Waals surface area contributed by atoms with Gasteiger partial charge in [-0.05, 0) is 35.7 Å². The number of pyridine rings is 1. The molecule has 1 aliphatic heterocycles. The highest BCUT2D eigenvalue weighted by atomic mass is 16.5. The fourth-order valence-corrected chi connectivity index (χ4v) is 2.97. The molecule has 1 aromatic heterocycles. The summed E-state index contributed by atoms with van der Waals surface area (Å²) in [7, 11) is 0. The summed E-state index contributed by atoms with van der Waals surface area (Å²) in [5.41, 5.74) is 1.72. The average molecular weight is 339 g/mol. The van der Waals surface area contributed by atoms with Gasteiger partial charge in [-0.3, -0.25) is 9.78 Å². The number of nitrogens with one attached hydrogen (secondary N) is 1. The molecule has 0 aliphatic carbocycles. The third kappa shape index (κ3) is 4.37. The van der Waals surface area contributed by atoms with E-state index in [9.17, 15) is 4.79 Å². The Hall–Kier alpha value is -2.40. The molecule has 1 amide bonds. The Labute approximate surface area is 149 Å². The molecule has 0 bridgehead atoms. The molecule has 5 nitrogen and oxygen atoms in total. The Kier molecular flexibility index (Phi) is 5.66. The highest BCUT2D eigenvalue weighted by molar-refractivity contribution is 5.95. The number of benzene rings is 1. The molecular formula is C20H25N3O2. The zero-order valence-electron chi connectivity index (χ0n) is 14.8.